The molecular weight excluding hydrogens is 246 g/mol. The van der Waals surface area contributed by atoms with Crippen molar-refractivity contribution in [1.82, 2.24) is 4.90 Å². The van der Waals surface area contributed by atoms with Crippen LogP contribution in [0.4, 0.5) is 0 Å². The van der Waals surface area contributed by atoms with Crippen molar-refractivity contribution in [3.63, 3.8) is 0 Å². The van der Waals surface area contributed by atoms with Crippen LogP contribution in [0, 0.1) is 5.92 Å². The molecule has 3 fully saturated rings. The van der Waals surface area contributed by atoms with Gasteiger partial charge in [-0.25, -0.2) is 0 Å². The quantitative estimate of drug-likeness (QED) is 0.600. The van der Waals surface area contributed by atoms with Crippen LogP contribution in [0.15, 0.2) is 36.0 Å². The third-order valence-corrected chi connectivity index (χ3v) is 4.16. The number of fused-ring (bicyclic) bond motifs is 3. The van der Waals surface area contributed by atoms with Gasteiger partial charge in [-0.15, -0.1) is 0 Å². The minimum absolute atomic E-state index is 0.0695. The first kappa shape index (κ1) is 11.8. The average molecular weight is 262 g/mol. The van der Waals surface area contributed by atoms with Gasteiger partial charge in [0.25, 0.3) is 0 Å². The van der Waals surface area contributed by atoms with Gasteiger partial charge >= 0.3 is 0 Å². The van der Waals surface area contributed by atoms with Crippen LogP contribution in [0.1, 0.15) is 29.6 Å². The first-order valence-electron chi connectivity index (χ1n) is 6.48. The van der Waals surface area contributed by atoms with Crippen molar-refractivity contribution >= 4 is 17.4 Å². The molecule has 18 heavy (non-hydrogen) atoms. The molecule has 3 saturated heterocycles. The second-order valence-electron chi connectivity index (χ2n) is 5.14. The van der Waals surface area contributed by atoms with Crippen LogP contribution in [0.25, 0.3) is 0 Å². The smallest absolute Gasteiger partial charge is 0.187 e. The van der Waals surface area contributed by atoms with Gasteiger partial charge in [0.15, 0.2) is 5.78 Å². The lowest BCUT2D eigenvalue weighted by molar-refractivity contribution is 0.103. The Morgan fingerprint density at radius 3 is 2.72 bits per heavy atom. The highest BCUT2D eigenvalue weighted by molar-refractivity contribution is 6.31. The maximum absolute atomic E-state index is 12.2. The van der Waals surface area contributed by atoms with E-state index in [-0.39, 0.29) is 5.78 Å². The van der Waals surface area contributed by atoms with E-state index in [0.717, 1.165) is 25.4 Å². The number of allylic oxidation sites excluding steroid dienone is 2. The summed E-state index contributed by atoms with van der Waals surface area (Å²) in [6, 6.07) is 7.16. The molecule has 0 radical (unpaired) electrons. The third kappa shape index (κ3) is 2.30. The molecule has 1 aromatic carbocycles. The van der Waals surface area contributed by atoms with E-state index in [9.17, 15) is 4.79 Å². The SMILES string of the molecule is O=C(/C=C1\CC2CCN1CC2)c1cccc(Cl)c1. The van der Waals surface area contributed by atoms with Crippen molar-refractivity contribution in [2.24, 2.45) is 5.92 Å². The van der Waals surface area contributed by atoms with E-state index in [2.05, 4.69) is 4.90 Å². The van der Waals surface area contributed by atoms with Gasteiger partial charge in [-0.1, -0.05) is 23.7 Å². The molecule has 0 atom stereocenters. The number of rotatable bonds is 2. The van der Waals surface area contributed by atoms with Crippen molar-refractivity contribution in [2.75, 3.05) is 13.1 Å². The highest BCUT2D eigenvalue weighted by Crippen LogP contribution is 2.34. The number of nitrogens with zero attached hydrogens (tertiary/aromatic N) is 1. The summed E-state index contributed by atoms with van der Waals surface area (Å²) in [6.45, 7) is 2.22. The molecule has 3 aliphatic rings. The van der Waals surface area contributed by atoms with E-state index < -0.39 is 0 Å². The highest BCUT2D eigenvalue weighted by atomic mass is 35.5. The van der Waals surface area contributed by atoms with Crippen LogP contribution < -0.4 is 0 Å². The Labute approximate surface area is 112 Å². The van der Waals surface area contributed by atoms with Crippen LogP contribution in [0.2, 0.25) is 5.02 Å². The van der Waals surface area contributed by atoms with Gasteiger partial charge in [-0.3, -0.25) is 4.79 Å². The van der Waals surface area contributed by atoms with E-state index in [1.807, 2.05) is 12.1 Å². The van der Waals surface area contributed by atoms with Crippen molar-refractivity contribution in [3.05, 3.63) is 46.6 Å². The molecule has 3 heteroatoms. The fourth-order valence-corrected chi connectivity index (χ4v) is 3.07. The van der Waals surface area contributed by atoms with E-state index in [1.165, 1.54) is 18.5 Å². The summed E-state index contributed by atoms with van der Waals surface area (Å²) in [4.78, 5) is 14.5. The molecule has 0 spiro atoms. The van der Waals surface area contributed by atoms with Crippen molar-refractivity contribution in [3.8, 4) is 0 Å². The summed E-state index contributed by atoms with van der Waals surface area (Å²) in [5.74, 6) is 0.855. The summed E-state index contributed by atoms with van der Waals surface area (Å²) in [5.41, 5.74) is 1.89. The van der Waals surface area contributed by atoms with E-state index in [0.29, 0.717) is 10.6 Å². The molecule has 0 amide bonds. The number of hydrogen-bond acceptors (Lipinski definition) is 2. The van der Waals surface area contributed by atoms with Gasteiger partial charge in [0.2, 0.25) is 0 Å². The number of benzene rings is 1. The lowest BCUT2D eigenvalue weighted by Crippen LogP contribution is -2.39. The second-order valence-corrected chi connectivity index (χ2v) is 5.58. The Morgan fingerprint density at radius 2 is 2.11 bits per heavy atom. The van der Waals surface area contributed by atoms with E-state index in [1.54, 1.807) is 18.2 Å². The van der Waals surface area contributed by atoms with Gasteiger partial charge in [0.05, 0.1) is 0 Å². The maximum Gasteiger partial charge on any atom is 0.187 e. The molecule has 4 rings (SSSR count). The van der Waals surface area contributed by atoms with Gasteiger partial charge in [-0.2, -0.15) is 0 Å². The molecule has 0 unspecified atom stereocenters. The van der Waals surface area contributed by atoms with E-state index >= 15 is 0 Å². The molecule has 0 aromatic heterocycles. The molecule has 1 aromatic rings. The lowest BCUT2D eigenvalue weighted by Gasteiger charge is -2.42. The highest BCUT2D eigenvalue weighted by Gasteiger charge is 2.28. The minimum Gasteiger partial charge on any atom is -0.375 e. The Balaban J connectivity index is 1.81. The number of ketones is 1. The monoisotopic (exact) mass is 261 g/mol. The van der Waals surface area contributed by atoms with Crippen LogP contribution in [0.5, 0.6) is 0 Å². The lowest BCUT2D eigenvalue weighted by atomic mass is 9.85. The van der Waals surface area contributed by atoms with Crippen molar-refractivity contribution < 1.29 is 4.79 Å². The first-order chi connectivity index (χ1) is 8.72. The Bertz CT molecular complexity index is 501. The van der Waals surface area contributed by atoms with Crippen molar-refractivity contribution in [1.29, 1.82) is 0 Å². The molecule has 2 bridgehead atoms. The molecule has 94 valence electrons. The minimum atomic E-state index is 0.0695. The molecule has 3 heterocycles. The first-order valence-corrected chi connectivity index (χ1v) is 6.85. The number of carbonyl (C=O) groups is 1. The number of halogens is 1. The zero-order valence-electron chi connectivity index (χ0n) is 10.2. The molecule has 0 N–H and O–H groups in total. The molecule has 3 aliphatic heterocycles. The predicted octanol–water partition coefficient (Wildman–Crippen LogP) is 3.52. The molecule has 0 saturated carbocycles. The van der Waals surface area contributed by atoms with Crippen LogP contribution >= 0.6 is 11.6 Å². The largest absolute Gasteiger partial charge is 0.375 e. The maximum atomic E-state index is 12.2. The second kappa shape index (κ2) is 4.77. The van der Waals surface area contributed by atoms with Gasteiger partial charge < -0.3 is 4.90 Å². The molecule has 2 nitrogen and oxygen atoms in total. The van der Waals surface area contributed by atoms with Gasteiger partial charge in [0, 0.05) is 35.4 Å². The topological polar surface area (TPSA) is 20.3 Å². The van der Waals surface area contributed by atoms with Crippen LogP contribution in [-0.2, 0) is 0 Å². The zero-order chi connectivity index (χ0) is 12.5. The van der Waals surface area contributed by atoms with Gasteiger partial charge in [0.1, 0.15) is 0 Å². The summed E-state index contributed by atoms with van der Waals surface area (Å²) < 4.78 is 0. The Hall–Kier alpha value is -1.28. The summed E-state index contributed by atoms with van der Waals surface area (Å²) in [6.07, 6.45) is 5.43. The number of carbonyl (C=O) groups excluding carboxylic acids is 1. The summed E-state index contributed by atoms with van der Waals surface area (Å²) in [5, 5.41) is 0.615. The zero-order valence-corrected chi connectivity index (χ0v) is 11.0. The Morgan fingerprint density at radius 1 is 1.33 bits per heavy atom. The number of piperidine rings is 3. The van der Waals surface area contributed by atoms with Crippen LogP contribution in [0.3, 0.4) is 0 Å². The van der Waals surface area contributed by atoms with Crippen LogP contribution in [-0.4, -0.2) is 23.8 Å². The molecular formula is C15H16ClNO. The molecule has 0 aliphatic carbocycles. The summed E-state index contributed by atoms with van der Waals surface area (Å²) in [7, 11) is 0. The fourth-order valence-electron chi connectivity index (χ4n) is 2.88. The standard InChI is InChI=1S/C15H16ClNO/c16-13-3-1-2-12(9-13)15(18)10-14-8-11-4-6-17(14)7-5-11/h1-3,9-11H,4-8H2/b14-10+. The average Bonchev–Trinajstić information content (AvgIpc) is 2.40. The van der Waals surface area contributed by atoms with Crippen molar-refractivity contribution in [2.45, 2.75) is 19.3 Å². The predicted molar refractivity (Wildman–Crippen MR) is 72.8 cm³/mol. The number of hydrogen-bond donors (Lipinski definition) is 0. The normalized spacial score (nSPS) is 21.6. The Kier molecular flexibility index (Phi) is 3.13. The third-order valence-electron chi connectivity index (χ3n) is 3.93. The van der Waals surface area contributed by atoms with E-state index in [4.69, 9.17) is 11.6 Å². The summed E-state index contributed by atoms with van der Waals surface area (Å²) >= 11 is 5.91. The fraction of sp³-hybridized carbons (Fsp3) is 0.400. The van der Waals surface area contributed by atoms with Gasteiger partial charge in [-0.05, 0) is 37.3 Å².